The van der Waals surface area contributed by atoms with E-state index in [1.165, 1.54) is 19.1 Å². The lowest BCUT2D eigenvalue weighted by molar-refractivity contribution is -0.114. The van der Waals surface area contributed by atoms with Gasteiger partial charge in [0.1, 0.15) is 0 Å². The number of carbonyl (C=O) groups is 1. The second-order valence-corrected chi connectivity index (χ2v) is 9.35. The molecule has 3 N–H and O–H groups in total. The molecular weight excluding hydrogens is 374 g/mol. The molecule has 7 heteroatoms. The summed E-state index contributed by atoms with van der Waals surface area (Å²) in [6, 6.07) is 14.1. The highest BCUT2D eigenvalue weighted by Gasteiger charge is 2.28. The van der Waals surface area contributed by atoms with E-state index < -0.39 is 15.4 Å². The number of amides is 1. The molecule has 0 saturated carbocycles. The Hall–Kier alpha value is -2.64. The molecule has 0 aliphatic rings. The Kier molecular flexibility index (Phi) is 5.32. The highest BCUT2D eigenvalue weighted by Crippen LogP contribution is 2.33. The number of carbonyl (C=O) groups excluding carboxylic acids is 1. The van der Waals surface area contributed by atoms with E-state index in [0.717, 1.165) is 22.2 Å². The number of hydrogen-bond acceptors (Lipinski definition) is 3. The number of aromatic amines is 1. The Labute approximate surface area is 165 Å². The predicted molar refractivity (Wildman–Crippen MR) is 112 cm³/mol. The number of anilines is 1. The summed E-state index contributed by atoms with van der Waals surface area (Å²) < 4.78 is 28.2. The van der Waals surface area contributed by atoms with E-state index in [4.69, 9.17) is 0 Å². The van der Waals surface area contributed by atoms with Crippen LogP contribution < -0.4 is 10.0 Å². The zero-order valence-electron chi connectivity index (χ0n) is 16.5. The molecule has 0 aliphatic carbocycles. The second kappa shape index (κ2) is 7.41. The molecule has 0 spiro atoms. The molecule has 6 nitrogen and oxygen atoms in total. The van der Waals surface area contributed by atoms with Crippen molar-refractivity contribution in [3.8, 4) is 0 Å². The highest BCUT2D eigenvalue weighted by molar-refractivity contribution is 7.89. The van der Waals surface area contributed by atoms with E-state index in [2.05, 4.69) is 15.0 Å². The largest absolute Gasteiger partial charge is 0.358 e. The first-order valence-corrected chi connectivity index (χ1v) is 10.5. The molecule has 1 amide bonds. The third-order valence-electron chi connectivity index (χ3n) is 4.76. The molecule has 1 aromatic heterocycles. The first-order chi connectivity index (χ1) is 13.1. The molecule has 0 saturated heterocycles. The fraction of sp³-hybridized carbons (Fsp3) is 0.286. The van der Waals surface area contributed by atoms with Crippen LogP contribution in [0.25, 0.3) is 10.9 Å². The van der Waals surface area contributed by atoms with Gasteiger partial charge in [-0.1, -0.05) is 32.0 Å². The van der Waals surface area contributed by atoms with Crippen molar-refractivity contribution in [2.24, 2.45) is 0 Å². The van der Waals surface area contributed by atoms with Crippen LogP contribution in [0.15, 0.2) is 53.4 Å². The second-order valence-electron chi connectivity index (χ2n) is 7.58. The van der Waals surface area contributed by atoms with Crippen molar-refractivity contribution in [1.82, 2.24) is 9.71 Å². The van der Waals surface area contributed by atoms with E-state index in [1.54, 1.807) is 12.1 Å². The van der Waals surface area contributed by atoms with Crippen LogP contribution in [-0.4, -0.2) is 25.9 Å². The van der Waals surface area contributed by atoms with Crippen LogP contribution >= 0.6 is 0 Å². The number of aryl methyl sites for hydroxylation is 1. The van der Waals surface area contributed by atoms with Crippen LogP contribution in [-0.2, 0) is 20.2 Å². The maximum absolute atomic E-state index is 12.7. The summed E-state index contributed by atoms with van der Waals surface area (Å²) in [7, 11) is -3.67. The first kappa shape index (κ1) is 20.1. The molecule has 2 aromatic carbocycles. The first-order valence-electron chi connectivity index (χ1n) is 9.05. The van der Waals surface area contributed by atoms with E-state index in [-0.39, 0.29) is 17.3 Å². The molecule has 0 bridgehead atoms. The van der Waals surface area contributed by atoms with Crippen molar-refractivity contribution >= 4 is 32.5 Å². The summed E-state index contributed by atoms with van der Waals surface area (Å²) in [6.07, 6.45) is 0. The fourth-order valence-electron chi connectivity index (χ4n) is 3.52. The van der Waals surface area contributed by atoms with Gasteiger partial charge < -0.3 is 10.3 Å². The smallest absolute Gasteiger partial charge is 0.240 e. The summed E-state index contributed by atoms with van der Waals surface area (Å²) in [6.45, 7) is 7.72. The number of H-pyrrole nitrogens is 1. The molecule has 3 rings (SSSR count). The molecule has 28 heavy (non-hydrogen) atoms. The van der Waals surface area contributed by atoms with E-state index in [0.29, 0.717) is 5.69 Å². The monoisotopic (exact) mass is 399 g/mol. The minimum Gasteiger partial charge on any atom is -0.358 e. The Morgan fingerprint density at radius 1 is 1.07 bits per heavy atom. The van der Waals surface area contributed by atoms with Gasteiger partial charge in [-0.25, -0.2) is 13.1 Å². The standard InChI is InChI=1S/C21H25N3O3S/c1-14-20(18-7-5-6-8-19(18)23-14)21(3,4)13-22-28(26,27)17-11-9-16(10-12-17)24-15(2)25/h5-12,22-23H,13H2,1-4H3,(H,24,25). The van der Waals surface area contributed by atoms with Crippen molar-refractivity contribution in [3.05, 3.63) is 59.8 Å². The summed E-state index contributed by atoms with van der Waals surface area (Å²) >= 11 is 0. The number of hydrogen-bond donors (Lipinski definition) is 3. The van der Waals surface area contributed by atoms with Gasteiger partial charge in [0.15, 0.2) is 0 Å². The van der Waals surface area contributed by atoms with Gasteiger partial charge in [0, 0.05) is 41.2 Å². The quantitative estimate of drug-likeness (QED) is 0.590. The molecule has 0 fully saturated rings. The van der Waals surface area contributed by atoms with Crippen LogP contribution in [0, 0.1) is 6.92 Å². The topological polar surface area (TPSA) is 91.1 Å². The predicted octanol–water partition coefficient (Wildman–Crippen LogP) is 3.69. The van der Waals surface area contributed by atoms with Gasteiger partial charge in [0.05, 0.1) is 4.90 Å². The van der Waals surface area contributed by atoms with Gasteiger partial charge in [-0.3, -0.25) is 4.79 Å². The van der Waals surface area contributed by atoms with Crippen LogP contribution in [0.1, 0.15) is 32.0 Å². The number of para-hydroxylation sites is 1. The highest BCUT2D eigenvalue weighted by atomic mass is 32.2. The fourth-order valence-corrected chi connectivity index (χ4v) is 4.73. The molecule has 0 atom stereocenters. The Morgan fingerprint density at radius 3 is 2.36 bits per heavy atom. The lowest BCUT2D eigenvalue weighted by Crippen LogP contribution is -2.37. The van der Waals surface area contributed by atoms with Gasteiger partial charge in [0.25, 0.3) is 0 Å². The molecule has 0 unspecified atom stereocenters. The van der Waals surface area contributed by atoms with Crippen molar-refractivity contribution in [1.29, 1.82) is 0 Å². The summed E-state index contributed by atoms with van der Waals surface area (Å²) in [5.41, 5.74) is 3.32. The molecule has 0 radical (unpaired) electrons. The lowest BCUT2D eigenvalue weighted by atomic mass is 9.83. The SMILES string of the molecule is CC(=O)Nc1ccc(S(=O)(=O)NCC(C)(C)c2c(C)[nH]c3ccccc23)cc1. The third kappa shape index (κ3) is 4.10. The Balaban J connectivity index is 1.81. The van der Waals surface area contributed by atoms with E-state index in [9.17, 15) is 13.2 Å². The van der Waals surface area contributed by atoms with Crippen LogP contribution in [0.5, 0.6) is 0 Å². The maximum Gasteiger partial charge on any atom is 0.240 e. The van der Waals surface area contributed by atoms with Crippen molar-refractivity contribution < 1.29 is 13.2 Å². The lowest BCUT2D eigenvalue weighted by Gasteiger charge is -2.26. The summed E-state index contributed by atoms with van der Waals surface area (Å²) in [5.74, 6) is -0.204. The average molecular weight is 400 g/mol. The maximum atomic E-state index is 12.7. The molecule has 0 aliphatic heterocycles. The number of sulfonamides is 1. The zero-order valence-corrected chi connectivity index (χ0v) is 17.3. The minimum absolute atomic E-state index is 0.160. The third-order valence-corrected chi connectivity index (χ3v) is 6.18. The molecule has 148 valence electrons. The summed E-state index contributed by atoms with van der Waals surface area (Å²) in [5, 5.41) is 3.72. The van der Waals surface area contributed by atoms with Crippen LogP contribution in [0.3, 0.4) is 0 Å². The van der Waals surface area contributed by atoms with Crippen LogP contribution in [0.4, 0.5) is 5.69 Å². The normalized spacial score (nSPS) is 12.3. The minimum atomic E-state index is -3.67. The number of benzene rings is 2. The van der Waals surface area contributed by atoms with Crippen LogP contribution in [0.2, 0.25) is 0 Å². The van der Waals surface area contributed by atoms with Gasteiger partial charge in [0.2, 0.25) is 15.9 Å². The average Bonchev–Trinajstić information content (AvgIpc) is 2.97. The van der Waals surface area contributed by atoms with E-state index >= 15 is 0 Å². The van der Waals surface area contributed by atoms with Crippen molar-refractivity contribution in [3.63, 3.8) is 0 Å². The van der Waals surface area contributed by atoms with Gasteiger partial charge >= 0.3 is 0 Å². The summed E-state index contributed by atoms with van der Waals surface area (Å²) in [4.78, 5) is 14.6. The number of aromatic nitrogens is 1. The zero-order chi connectivity index (χ0) is 20.5. The van der Waals surface area contributed by atoms with E-state index in [1.807, 2.05) is 45.0 Å². The molecule has 1 heterocycles. The Morgan fingerprint density at radius 2 is 1.71 bits per heavy atom. The number of fused-ring (bicyclic) bond motifs is 1. The van der Waals surface area contributed by atoms with Gasteiger partial charge in [-0.2, -0.15) is 0 Å². The van der Waals surface area contributed by atoms with Crippen molar-refractivity contribution in [2.75, 3.05) is 11.9 Å². The van der Waals surface area contributed by atoms with Crippen molar-refractivity contribution in [2.45, 2.75) is 38.0 Å². The van der Waals surface area contributed by atoms with Gasteiger partial charge in [-0.15, -0.1) is 0 Å². The Bertz CT molecular complexity index is 1110. The molecule has 3 aromatic rings. The number of nitrogens with one attached hydrogen (secondary N) is 3. The van der Waals surface area contributed by atoms with Gasteiger partial charge in [-0.05, 0) is 42.8 Å². The molecular formula is C21H25N3O3S. The number of rotatable bonds is 6.